The molecule has 0 atom stereocenters. The Bertz CT molecular complexity index is 325. The average molecular weight is 247 g/mol. The van der Waals surface area contributed by atoms with Gasteiger partial charge in [-0.15, -0.1) is 0 Å². The van der Waals surface area contributed by atoms with Gasteiger partial charge < -0.3 is 4.90 Å². The first kappa shape index (κ1) is 8.39. The van der Waals surface area contributed by atoms with Crippen molar-refractivity contribution in [2.24, 2.45) is 0 Å². The number of anilines is 1. The molecule has 0 amide bonds. The van der Waals surface area contributed by atoms with E-state index in [1.165, 1.54) is 11.3 Å². The van der Waals surface area contributed by atoms with Crippen molar-refractivity contribution in [1.29, 1.82) is 0 Å². The Hall–Kier alpha value is -0.210. The molecule has 1 aliphatic heterocycles. The van der Waals surface area contributed by atoms with Crippen molar-refractivity contribution in [2.75, 3.05) is 18.5 Å². The Labute approximate surface area is 85.5 Å². The molecule has 12 heavy (non-hydrogen) atoms. The lowest BCUT2D eigenvalue weighted by atomic mass is 10.2. The van der Waals surface area contributed by atoms with Crippen LogP contribution in [0.5, 0.6) is 0 Å². The molecule has 0 saturated heterocycles. The van der Waals surface area contributed by atoms with E-state index in [1.54, 1.807) is 0 Å². The molecule has 64 valence electrons. The van der Waals surface area contributed by atoms with E-state index in [2.05, 4.69) is 33.9 Å². The van der Waals surface area contributed by atoms with Gasteiger partial charge in [-0.1, -0.05) is 11.6 Å². The predicted octanol–water partition coefficient (Wildman–Crippen LogP) is 3.09. The van der Waals surface area contributed by atoms with Gasteiger partial charge in [-0.05, 0) is 40.0 Å². The van der Waals surface area contributed by atoms with Crippen LogP contribution in [-0.4, -0.2) is 13.6 Å². The summed E-state index contributed by atoms with van der Waals surface area (Å²) in [7, 11) is 2.09. The van der Waals surface area contributed by atoms with Crippen LogP contribution in [0.3, 0.4) is 0 Å². The van der Waals surface area contributed by atoms with Gasteiger partial charge in [-0.25, -0.2) is 0 Å². The summed E-state index contributed by atoms with van der Waals surface area (Å²) in [6.45, 7) is 1.10. The molecular weight excluding hydrogens is 237 g/mol. The van der Waals surface area contributed by atoms with Crippen molar-refractivity contribution < 1.29 is 0 Å². The highest BCUT2D eigenvalue weighted by molar-refractivity contribution is 9.10. The second-order valence-electron chi connectivity index (χ2n) is 3.07. The summed E-state index contributed by atoms with van der Waals surface area (Å²) < 4.78 is 0.998. The summed E-state index contributed by atoms with van der Waals surface area (Å²) in [4.78, 5) is 2.23. The Kier molecular flexibility index (Phi) is 2.05. The van der Waals surface area contributed by atoms with Gasteiger partial charge in [0.2, 0.25) is 0 Å². The van der Waals surface area contributed by atoms with E-state index >= 15 is 0 Å². The van der Waals surface area contributed by atoms with Crippen molar-refractivity contribution in [3.8, 4) is 0 Å². The topological polar surface area (TPSA) is 3.24 Å². The van der Waals surface area contributed by atoms with Gasteiger partial charge in [-0.3, -0.25) is 0 Å². The van der Waals surface area contributed by atoms with E-state index in [0.717, 1.165) is 22.5 Å². The summed E-state index contributed by atoms with van der Waals surface area (Å²) in [6.07, 6.45) is 1.13. The highest BCUT2D eigenvalue weighted by atomic mass is 79.9. The highest BCUT2D eigenvalue weighted by Crippen LogP contribution is 2.34. The summed E-state index contributed by atoms with van der Waals surface area (Å²) in [6, 6.07) is 4.13. The van der Waals surface area contributed by atoms with Crippen LogP contribution >= 0.6 is 27.5 Å². The molecule has 0 spiro atoms. The molecule has 1 nitrogen and oxygen atoms in total. The van der Waals surface area contributed by atoms with Crippen LogP contribution in [0.25, 0.3) is 0 Å². The van der Waals surface area contributed by atoms with Crippen LogP contribution in [0.1, 0.15) is 5.56 Å². The Morgan fingerprint density at radius 2 is 2.25 bits per heavy atom. The summed E-state index contributed by atoms with van der Waals surface area (Å²) in [5, 5.41) is 0.794. The number of likely N-dealkylation sites (N-methyl/N-ethyl adjacent to an activating group) is 1. The lowest BCUT2D eigenvalue weighted by molar-refractivity contribution is 0.956. The third kappa shape index (κ3) is 1.23. The van der Waals surface area contributed by atoms with E-state index in [0.29, 0.717) is 0 Å². The Morgan fingerprint density at radius 1 is 1.50 bits per heavy atom. The van der Waals surface area contributed by atoms with Gasteiger partial charge in [0.15, 0.2) is 0 Å². The number of hydrogen-bond acceptors (Lipinski definition) is 1. The first-order valence-electron chi connectivity index (χ1n) is 3.87. The minimum Gasteiger partial charge on any atom is -0.374 e. The molecule has 1 aromatic carbocycles. The first-order valence-corrected chi connectivity index (χ1v) is 5.04. The molecule has 0 N–H and O–H groups in total. The SMILES string of the molecule is CN1CCc2cc(Br)c(Cl)cc21. The van der Waals surface area contributed by atoms with Crippen molar-refractivity contribution in [3.63, 3.8) is 0 Å². The zero-order chi connectivity index (χ0) is 8.72. The van der Waals surface area contributed by atoms with Crippen LogP contribution in [0.2, 0.25) is 5.02 Å². The molecule has 0 bridgehead atoms. The molecule has 0 aromatic heterocycles. The minimum absolute atomic E-state index is 0.794. The van der Waals surface area contributed by atoms with Crippen LogP contribution in [0.15, 0.2) is 16.6 Å². The number of halogens is 2. The molecule has 0 saturated carbocycles. The minimum atomic E-state index is 0.794. The zero-order valence-electron chi connectivity index (χ0n) is 6.77. The van der Waals surface area contributed by atoms with Crippen molar-refractivity contribution >= 4 is 33.2 Å². The summed E-state index contributed by atoms with van der Waals surface area (Å²) in [5.74, 6) is 0. The van der Waals surface area contributed by atoms with E-state index in [4.69, 9.17) is 11.6 Å². The maximum Gasteiger partial charge on any atom is 0.0568 e. The number of rotatable bonds is 0. The van der Waals surface area contributed by atoms with Crippen molar-refractivity contribution in [3.05, 3.63) is 27.2 Å². The monoisotopic (exact) mass is 245 g/mol. The average Bonchev–Trinajstić information content (AvgIpc) is 2.35. The maximum atomic E-state index is 5.98. The van der Waals surface area contributed by atoms with Gasteiger partial charge in [0.1, 0.15) is 0 Å². The molecular formula is C9H9BrClN. The van der Waals surface area contributed by atoms with E-state index < -0.39 is 0 Å². The first-order chi connectivity index (χ1) is 5.68. The fraction of sp³-hybridized carbons (Fsp3) is 0.333. The summed E-state index contributed by atoms with van der Waals surface area (Å²) >= 11 is 9.40. The summed E-state index contributed by atoms with van der Waals surface area (Å²) in [5.41, 5.74) is 2.65. The molecule has 0 unspecified atom stereocenters. The number of nitrogens with zero attached hydrogens (tertiary/aromatic N) is 1. The largest absolute Gasteiger partial charge is 0.374 e. The molecule has 0 radical (unpaired) electrons. The highest BCUT2D eigenvalue weighted by Gasteiger charge is 2.16. The normalized spacial score (nSPS) is 15.1. The lowest BCUT2D eigenvalue weighted by Gasteiger charge is -2.12. The van der Waals surface area contributed by atoms with E-state index in [1.807, 2.05) is 6.07 Å². The fourth-order valence-electron chi connectivity index (χ4n) is 1.54. The molecule has 0 fully saturated rings. The van der Waals surface area contributed by atoms with Gasteiger partial charge in [0, 0.05) is 23.8 Å². The van der Waals surface area contributed by atoms with Gasteiger partial charge in [0.25, 0.3) is 0 Å². The third-order valence-corrected chi connectivity index (χ3v) is 3.45. The van der Waals surface area contributed by atoms with Crippen molar-refractivity contribution in [2.45, 2.75) is 6.42 Å². The maximum absolute atomic E-state index is 5.98. The smallest absolute Gasteiger partial charge is 0.0568 e. The molecule has 0 aliphatic carbocycles. The van der Waals surface area contributed by atoms with Gasteiger partial charge in [-0.2, -0.15) is 0 Å². The number of benzene rings is 1. The van der Waals surface area contributed by atoms with E-state index in [-0.39, 0.29) is 0 Å². The van der Waals surface area contributed by atoms with Gasteiger partial charge >= 0.3 is 0 Å². The standard InChI is InChI=1S/C9H9BrClN/c1-12-3-2-6-4-7(10)8(11)5-9(6)12/h4-5H,2-3H2,1H3. The van der Waals surface area contributed by atoms with Crippen LogP contribution in [0.4, 0.5) is 5.69 Å². The Balaban J connectivity index is 2.56. The second kappa shape index (κ2) is 2.93. The fourth-order valence-corrected chi connectivity index (χ4v) is 2.09. The van der Waals surface area contributed by atoms with Crippen LogP contribution in [-0.2, 0) is 6.42 Å². The molecule has 3 heteroatoms. The third-order valence-electron chi connectivity index (χ3n) is 2.25. The second-order valence-corrected chi connectivity index (χ2v) is 4.33. The molecule has 1 heterocycles. The van der Waals surface area contributed by atoms with Gasteiger partial charge in [0.05, 0.1) is 5.02 Å². The quantitative estimate of drug-likeness (QED) is 0.680. The lowest BCUT2D eigenvalue weighted by Crippen LogP contribution is -2.12. The zero-order valence-corrected chi connectivity index (χ0v) is 9.11. The number of fused-ring (bicyclic) bond motifs is 1. The van der Waals surface area contributed by atoms with Crippen LogP contribution < -0.4 is 4.90 Å². The molecule has 1 aliphatic rings. The van der Waals surface area contributed by atoms with Crippen molar-refractivity contribution in [1.82, 2.24) is 0 Å². The number of hydrogen-bond donors (Lipinski definition) is 0. The Morgan fingerprint density at radius 3 is 3.00 bits per heavy atom. The molecule has 2 rings (SSSR count). The van der Waals surface area contributed by atoms with E-state index in [9.17, 15) is 0 Å². The predicted molar refractivity (Wildman–Crippen MR) is 56.1 cm³/mol. The molecule has 1 aromatic rings. The van der Waals surface area contributed by atoms with Crippen LogP contribution in [0, 0.1) is 0 Å².